The zero-order valence-electron chi connectivity index (χ0n) is 10.7. The van der Waals surface area contributed by atoms with E-state index in [1.54, 1.807) is 0 Å². The molecule has 4 heteroatoms. The summed E-state index contributed by atoms with van der Waals surface area (Å²) in [6.07, 6.45) is 5.60. The van der Waals surface area contributed by atoms with Gasteiger partial charge in [-0.2, -0.15) is 5.26 Å². The summed E-state index contributed by atoms with van der Waals surface area (Å²) in [6.45, 7) is 3.82. The second-order valence-corrected chi connectivity index (χ2v) is 5.37. The van der Waals surface area contributed by atoms with Crippen molar-refractivity contribution in [2.24, 2.45) is 0 Å². The summed E-state index contributed by atoms with van der Waals surface area (Å²) >= 11 is 0. The molecule has 4 nitrogen and oxygen atoms in total. The minimum absolute atomic E-state index is 0.321. The summed E-state index contributed by atoms with van der Waals surface area (Å²) in [6, 6.07) is 2.51. The molecule has 0 aromatic rings. The Bertz CT molecular complexity index is 283. The fourth-order valence-electron chi connectivity index (χ4n) is 2.71. The molecule has 2 aliphatic heterocycles. The van der Waals surface area contributed by atoms with Crippen LogP contribution in [0.3, 0.4) is 0 Å². The van der Waals surface area contributed by atoms with Crippen LogP contribution in [-0.4, -0.2) is 49.8 Å². The van der Waals surface area contributed by atoms with E-state index in [-0.39, 0.29) is 5.54 Å². The number of hydrogen-bond acceptors (Lipinski definition) is 4. The standard InChI is InChI=1S/C13H23N3O/c1-16-7-3-5-13(11-14,6-8-16)15-10-12-4-2-9-17-12/h12,15H,2-10H2,1H3. The molecule has 1 N–H and O–H groups in total. The Morgan fingerprint density at radius 1 is 1.41 bits per heavy atom. The van der Waals surface area contributed by atoms with E-state index in [0.29, 0.717) is 6.10 Å². The fraction of sp³-hybridized carbons (Fsp3) is 0.923. The van der Waals surface area contributed by atoms with Crippen LogP contribution >= 0.6 is 0 Å². The summed E-state index contributed by atoms with van der Waals surface area (Å²) in [5.41, 5.74) is -0.323. The highest BCUT2D eigenvalue weighted by molar-refractivity contribution is 5.08. The van der Waals surface area contributed by atoms with E-state index in [1.165, 1.54) is 0 Å². The Morgan fingerprint density at radius 3 is 3.00 bits per heavy atom. The predicted octanol–water partition coefficient (Wildman–Crippen LogP) is 1.13. The maximum Gasteiger partial charge on any atom is 0.108 e. The topological polar surface area (TPSA) is 48.3 Å². The molecule has 2 atom stereocenters. The maximum atomic E-state index is 9.45. The van der Waals surface area contributed by atoms with E-state index in [4.69, 9.17) is 4.74 Å². The van der Waals surface area contributed by atoms with E-state index in [2.05, 4.69) is 23.3 Å². The molecule has 2 unspecified atom stereocenters. The van der Waals surface area contributed by atoms with Crippen LogP contribution in [0.2, 0.25) is 0 Å². The maximum absolute atomic E-state index is 9.45. The van der Waals surface area contributed by atoms with E-state index >= 15 is 0 Å². The van der Waals surface area contributed by atoms with Gasteiger partial charge in [0.05, 0.1) is 12.2 Å². The number of ether oxygens (including phenoxy) is 1. The van der Waals surface area contributed by atoms with Gasteiger partial charge in [0.2, 0.25) is 0 Å². The highest BCUT2D eigenvalue weighted by Gasteiger charge is 2.32. The van der Waals surface area contributed by atoms with Gasteiger partial charge >= 0.3 is 0 Å². The molecule has 2 saturated heterocycles. The molecule has 96 valence electrons. The molecule has 2 rings (SSSR count). The van der Waals surface area contributed by atoms with Crippen LogP contribution in [0.5, 0.6) is 0 Å². The van der Waals surface area contributed by atoms with E-state index < -0.39 is 0 Å². The van der Waals surface area contributed by atoms with Crippen molar-refractivity contribution in [1.29, 1.82) is 5.26 Å². The molecule has 0 bridgehead atoms. The summed E-state index contributed by atoms with van der Waals surface area (Å²) < 4.78 is 5.60. The first-order chi connectivity index (χ1) is 8.24. The molecular weight excluding hydrogens is 214 g/mol. The van der Waals surface area contributed by atoms with Crippen molar-refractivity contribution in [2.45, 2.75) is 43.7 Å². The smallest absolute Gasteiger partial charge is 0.108 e. The van der Waals surface area contributed by atoms with Gasteiger partial charge in [-0.1, -0.05) is 0 Å². The molecular formula is C13H23N3O. The van der Waals surface area contributed by atoms with Crippen molar-refractivity contribution in [2.75, 3.05) is 33.3 Å². The van der Waals surface area contributed by atoms with E-state index in [1.807, 2.05) is 0 Å². The van der Waals surface area contributed by atoms with E-state index in [0.717, 1.165) is 58.3 Å². The second kappa shape index (κ2) is 5.81. The van der Waals surface area contributed by atoms with Gasteiger partial charge in [0.1, 0.15) is 5.54 Å². The van der Waals surface area contributed by atoms with Gasteiger partial charge in [-0.05, 0) is 45.7 Å². The first-order valence-electron chi connectivity index (χ1n) is 6.70. The minimum Gasteiger partial charge on any atom is -0.377 e. The third-order valence-corrected chi connectivity index (χ3v) is 3.97. The molecule has 0 aromatic carbocycles. The molecule has 0 spiro atoms. The lowest BCUT2D eigenvalue weighted by molar-refractivity contribution is 0.103. The number of nitrogens with zero attached hydrogens (tertiary/aromatic N) is 2. The van der Waals surface area contributed by atoms with Crippen molar-refractivity contribution in [1.82, 2.24) is 10.2 Å². The van der Waals surface area contributed by atoms with Crippen LogP contribution in [0.25, 0.3) is 0 Å². The zero-order valence-corrected chi connectivity index (χ0v) is 10.7. The third-order valence-electron chi connectivity index (χ3n) is 3.97. The lowest BCUT2D eigenvalue weighted by Gasteiger charge is -2.27. The summed E-state index contributed by atoms with van der Waals surface area (Å²) in [4.78, 5) is 2.31. The lowest BCUT2D eigenvalue weighted by atomic mass is 9.92. The molecule has 0 amide bonds. The summed E-state index contributed by atoms with van der Waals surface area (Å²) in [5, 5.41) is 12.9. The van der Waals surface area contributed by atoms with Gasteiger partial charge < -0.3 is 9.64 Å². The average molecular weight is 237 g/mol. The second-order valence-electron chi connectivity index (χ2n) is 5.37. The molecule has 0 saturated carbocycles. The van der Waals surface area contributed by atoms with Crippen molar-refractivity contribution < 1.29 is 4.74 Å². The Labute approximate surface area is 104 Å². The first kappa shape index (κ1) is 12.8. The number of rotatable bonds is 3. The van der Waals surface area contributed by atoms with Crippen molar-refractivity contribution in [3.05, 3.63) is 0 Å². The van der Waals surface area contributed by atoms with Crippen LogP contribution in [-0.2, 0) is 4.74 Å². The van der Waals surface area contributed by atoms with Crippen LogP contribution in [0.4, 0.5) is 0 Å². The van der Waals surface area contributed by atoms with E-state index in [9.17, 15) is 5.26 Å². The normalized spacial score (nSPS) is 35.4. The highest BCUT2D eigenvalue weighted by atomic mass is 16.5. The highest BCUT2D eigenvalue weighted by Crippen LogP contribution is 2.22. The molecule has 0 radical (unpaired) electrons. The van der Waals surface area contributed by atoms with Gasteiger partial charge in [0.15, 0.2) is 0 Å². The molecule has 2 heterocycles. The summed E-state index contributed by atoms with van der Waals surface area (Å²) in [5.74, 6) is 0. The summed E-state index contributed by atoms with van der Waals surface area (Å²) in [7, 11) is 2.13. The van der Waals surface area contributed by atoms with Crippen molar-refractivity contribution in [3.8, 4) is 6.07 Å². The largest absolute Gasteiger partial charge is 0.377 e. The Morgan fingerprint density at radius 2 is 2.29 bits per heavy atom. The van der Waals surface area contributed by atoms with Crippen molar-refractivity contribution >= 4 is 0 Å². The average Bonchev–Trinajstić information content (AvgIpc) is 2.79. The zero-order chi connectivity index (χ0) is 12.1. The Balaban J connectivity index is 1.87. The number of likely N-dealkylation sites (tertiary alicyclic amines) is 1. The molecule has 0 aliphatic carbocycles. The third kappa shape index (κ3) is 3.41. The minimum atomic E-state index is -0.323. The quantitative estimate of drug-likeness (QED) is 0.799. The van der Waals surface area contributed by atoms with Gasteiger partial charge in [-0.3, -0.25) is 5.32 Å². The van der Waals surface area contributed by atoms with Crippen LogP contribution in [0.15, 0.2) is 0 Å². The number of hydrogen-bond donors (Lipinski definition) is 1. The molecule has 2 aliphatic rings. The SMILES string of the molecule is CN1CCCC(C#N)(NCC2CCCO2)CC1. The fourth-order valence-corrected chi connectivity index (χ4v) is 2.71. The monoisotopic (exact) mass is 237 g/mol. The van der Waals surface area contributed by atoms with Gasteiger partial charge in [0, 0.05) is 19.7 Å². The van der Waals surface area contributed by atoms with Crippen LogP contribution in [0, 0.1) is 11.3 Å². The number of nitriles is 1. The lowest BCUT2D eigenvalue weighted by Crippen LogP contribution is -2.47. The van der Waals surface area contributed by atoms with Gasteiger partial charge in [0.25, 0.3) is 0 Å². The number of nitrogens with one attached hydrogen (secondary N) is 1. The van der Waals surface area contributed by atoms with Crippen LogP contribution in [0.1, 0.15) is 32.1 Å². The Kier molecular flexibility index (Phi) is 4.38. The molecule has 0 aromatic heterocycles. The van der Waals surface area contributed by atoms with Gasteiger partial charge in [-0.15, -0.1) is 0 Å². The first-order valence-corrected chi connectivity index (χ1v) is 6.70. The predicted molar refractivity (Wildman–Crippen MR) is 66.7 cm³/mol. The molecule has 2 fully saturated rings. The van der Waals surface area contributed by atoms with Crippen LogP contribution < -0.4 is 5.32 Å². The van der Waals surface area contributed by atoms with Gasteiger partial charge in [-0.25, -0.2) is 0 Å². The Hall–Kier alpha value is -0.630. The molecule has 17 heavy (non-hydrogen) atoms. The van der Waals surface area contributed by atoms with Crippen molar-refractivity contribution in [3.63, 3.8) is 0 Å².